The van der Waals surface area contributed by atoms with Gasteiger partial charge in [-0.2, -0.15) is 0 Å². The molecule has 24 heavy (non-hydrogen) atoms. The fourth-order valence-electron chi connectivity index (χ4n) is 2.90. The molecule has 0 fully saturated rings. The Morgan fingerprint density at radius 3 is 2.88 bits per heavy atom. The number of hydrogen-bond donors (Lipinski definition) is 0. The van der Waals surface area contributed by atoms with E-state index < -0.39 is 0 Å². The van der Waals surface area contributed by atoms with Crippen molar-refractivity contribution in [3.63, 3.8) is 0 Å². The van der Waals surface area contributed by atoms with Gasteiger partial charge in [-0.15, -0.1) is 0 Å². The lowest BCUT2D eigenvalue weighted by Crippen LogP contribution is -1.98. The Bertz CT molecular complexity index is 722. The van der Waals surface area contributed by atoms with Crippen LogP contribution in [0.1, 0.15) is 42.9 Å². The summed E-state index contributed by atoms with van der Waals surface area (Å²) in [7, 11) is 0. The van der Waals surface area contributed by atoms with Crippen molar-refractivity contribution in [1.82, 2.24) is 0 Å². The Labute approximate surface area is 152 Å². The molecule has 2 aromatic rings. The van der Waals surface area contributed by atoms with Crippen LogP contribution >= 0.6 is 15.9 Å². The second-order valence-electron chi connectivity index (χ2n) is 5.90. The molecule has 2 aromatic carbocycles. The van der Waals surface area contributed by atoms with Crippen molar-refractivity contribution in [3.05, 3.63) is 65.2 Å². The Balaban J connectivity index is 2.02. The zero-order chi connectivity index (χ0) is 16.8. The van der Waals surface area contributed by atoms with Gasteiger partial charge in [0.1, 0.15) is 18.1 Å². The molecule has 3 rings (SSSR count). The maximum atomic E-state index is 6.06. The van der Waals surface area contributed by atoms with E-state index >= 15 is 0 Å². The summed E-state index contributed by atoms with van der Waals surface area (Å²) in [5, 5.41) is 0.946. The average molecular weight is 387 g/mol. The number of unbranched alkanes of at least 4 members (excludes halogenated alkanes) is 1. The number of benzene rings is 2. The predicted molar refractivity (Wildman–Crippen MR) is 103 cm³/mol. The number of fused-ring (bicyclic) bond motifs is 2. The zero-order valence-corrected chi connectivity index (χ0v) is 15.6. The number of hydrogen-bond acceptors (Lipinski definition) is 2. The van der Waals surface area contributed by atoms with E-state index in [4.69, 9.17) is 9.47 Å². The van der Waals surface area contributed by atoms with Crippen LogP contribution in [0, 0.1) is 0 Å². The number of allylic oxidation sites excluding steroid dienone is 1. The summed E-state index contributed by atoms with van der Waals surface area (Å²) in [5.74, 6) is 1.84. The minimum atomic E-state index is 0.602. The molecule has 0 aromatic heterocycles. The molecule has 0 spiro atoms. The minimum Gasteiger partial charge on any atom is -0.494 e. The molecule has 3 heteroatoms. The smallest absolute Gasteiger partial charge is 0.127 e. The first kappa shape index (κ1) is 17.1. The molecule has 0 saturated heterocycles. The maximum absolute atomic E-state index is 6.06. The van der Waals surface area contributed by atoms with Gasteiger partial charge in [-0.25, -0.2) is 0 Å². The largest absolute Gasteiger partial charge is 0.494 e. The Morgan fingerprint density at radius 1 is 1.17 bits per heavy atom. The van der Waals surface area contributed by atoms with E-state index in [-0.39, 0.29) is 0 Å². The van der Waals surface area contributed by atoms with E-state index in [0.29, 0.717) is 6.61 Å². The van der Waals surface area contributed by atoms with E-state index in [0.717, 1.165) is 48.3 Å². The van der Waals surface area contributed by atoms with Gasteiger partial charge in [-0.3, -0.25) is 0 Å². The normalized spacial score (nSPS) is 14.5. The van der Waals surface area contributed by atoms with Gasteiger partial charge < -0.3 is 9.47 Å². The molecule has 0 aliphatic carbocycles. The first-order chi connectivity index (χ1) is 11.8. The van der Waals surface area contributed by atoms with Gasteiger partial charge in [0.05, 0.1) is 6.61 Å². The maximum Gasteiger partial charge on any atom is 0.127 e. The van der Waals surface area contributed by atoms with Gasteiger partial charge in [0.2, 0.25) is 0 Å². The van der Waals surface area contributed by atoms with Crippen molar-refractivity contribution in [2.75, 3.05) is 11.9 Å². The van der Waals surface area contributed by atoms with Crippen LogP contribution in [0.5, 0.6) is 11.5 Å². The summed E-state index contributed by atoms with van der Waals surface area (Å²) in [4.78, 5) is 0. The lowest BCUT2D eigenvalue weighted by molar-refractivity contribution is 0.299. The number of ether oxygens (including phenoxy) is 2. The van der Waals surface area contributed by atoms with Gasteiger partial charge in [-0.05, 0) is 47.7 Å². The fourth-order valence-corrected chi connectivity index (χ4v) is 3.13. The topological polar surface area (TPSA) is 18.5 Å². The number of halogens is 1. The summed E-state index contributed by atoms with van der Waals surface area (Å²) in [5.41, 5.74) is 4.83. The molecule has 0 unspecified atom stereocenters. The van der Waals surface area contributed by atoms with Crippen LogP contribution < -0.4 is 9.47 Å². The Morgan fingerprint density at radius 2 is 2.04 bits per heavy atom. The van der Waals surface area contributed by atoms with Crippen LogP contribution in [0.15, 0.2) is 48.5 Å². The standard InChI is InChI=1S/C21H23BrO2/c1-2-3-13-23-17-10-11-21-20(14-17)19(9-6-12-22)18-8-5-4-7-16(18)15-24-21/h4-5,7-11,14H,2-3,6,12-13,15H2,1H3. The highest BCUT2D eigenvalue weighted by atomic mass is 79.9. The van der Waals surface area contributed by atoms with Crippen LogP contribution in [0.4, 0.5) is 0 Å². The second kappa shape index (κ2) is 8.39. The van der Waals surface area contributed by atoms with E-state index in [1.807, 2.05) is 12.1 Å². The molecule has 0 saturated carbocycles. The fraction of sp³-hybridized carbons (Fsp3) is 0.333. The van der Waals surface area contributed by atoms with Gasteiger partial charge in [-0.1, -0.05) is 59.6 Å². The van der Waals surface area contributed by atoms with Gasteiger partial charge in [0.15, 0.2) is 0 Å². The monoisotopic (exact) mass is 386 g/mol. The molecule has 0 radical (unpaired) electrons. The van der Waals surface area contributed by atoms with Gasteiger partial charge >= 0.3 is 0 Å². The molecule has 1 aliphatic rings. The molecular weight excluding hydrogens is 364 g/mol. The number of rotatable bonds is 6. The molecule has 126 valence electrons. The molecule has 0 bridgehead atoms. The van der Waals surface area contributed by atoms with Crippen LogP contribution in [0.25, 0.3) is 5.57 Å². The van der Waals surface area contributed by atoms with E-state index in [1.54, 1.807) is 0 Å². The zero-order valence-electron chi connectivity index (χ0n) is 14.1. The number of alkyl halides is 1. The van der Waals surface area contributed by atoms with Crippen LogP contribution in [-0.4, -0.2) is 11.9 Å². The molecular formula is C21H23BrO2. The highest BCUT2D eigenvalue weighted by molar-refractivity contribution is 9.09. The highest BCUT2D eigenvalue weighted by Crippen LogP contribution is 2.39. The van der Waals surface area contributed by atoms with E-state index in [9.17, 15) is 0 Å². The van der Waals surface area contributed by atoms with Gasteiger partial charge in [0, 0.05) is 10.9 Å². The quantitative estimate of drug-likeness (QED) is 0.449. The van der Waals surface area contributed by atoms with Crippen molar-refractivity contribution in [2.24, 2.45) is 0 Å². The first-order valence-electron chi connectivity index (χ1n) is 8.58. The first-order valence-corrected chi connectivity index (χ1v) is 9.70. The molecule has 0 N–H and O–H groups in total. The van der Waals surface area contributed by atoms with Crippen molar-refractivity contribution in [3.8, 4) is 11.5 Å². The second-order valence-corrected chi connectivity index (χ2v) is 6.69. The van der Waals surface area contributed by atoms with Gasteiger partial charge in [0.25, 0.3) is 0 Å². The summed E-state index contributed by atoms with van der Waals surface area (Å²) in [6, 6.07) is 14.6. The third kappa shape index (κ3) is 3.84. The minimum absolute atomic E-state index is 0.602. The lowest BCUT2D eigenvalue weighted by Gasteiger charge is -2.13. The summed E-state index contributed by atoms with van der Waals surface area (Å²) in [6.07, 6.45) is 5.47. The summed E-state index contributed by atoms with van der Waals surface area (Å²) < 4.78 is 12.0. The summed E-state index contributed by atoms with van der Waals surface area (Å²) >= 11 is 3.53. The highest BCUT2D eigenvalue weighted by Gasteiger charge is 2.19. The molecule has 0 atom stereocenters. The molecule has 1 aliphatic heterocycles. The predicted octanol–water partition coefficient (Wildman–Crippen LogP) is 5.97. The van der Waals surface area contributed by atoms with Crippen LogP contribution in [-0.2, 0) is 6.61 Å². The molecule has 2 nitrogen and oxygen atoms in total. The third-order valence-electron chi connectivity index (χ3n) is 4.16. The molecule has 0 amide bonds. The average Bonchev–Trinajstić information content (AvgIpc) is 2.77. The van der Waals surface area contributed by atoms with E-state index in [2.05, 4.69) is 59.3 Å². The molecule has 1 heterocycles. The third-order valence-corrected chi connectivity index (χ3v) is 4.61. The van der Waals surface area contributed by atoms with Crippen molar-refractivity contribution >= 4 is 21.5 Å². The Kier molecular flexibility index (Phi) is 5.97. The van der Waals surface area contributed by atoms with Crippen molar-refractivity contribution in [1.29, 1.82) is 0 Å². The SMILES string of the molecule is CCCCOc1ccc2c(c1)C(=CCCBr)c1ccccc1CO2. The van der Waals surface area contributed by atoms with Crippen molar-refractivity contribution in [2.45, 2.75) is 32.8 Å². The Hall–Kier alpha value is -1.74. The van der Waals surface area contributed by atoms with Crippen LogP contribution in [0.2, 0.25) is 0 Å². The van der Waals surface area contributed by atoms with Crippen LogP contribution in [0.3, 0.4) is 0 Å². The van der Waals surface area contributed by atoms with E-state index in [1.165, 1.54) is 16.7 Å². The summed E-state index contributed by atoms with van der Waals surface area (Å²) in [6.45, 7) is 3.53. The lowest BCUT2D eigenvalue weighted by atomic mass is 9.93. The van der Waals surface area contributed by atoms with Crippen molar-refractivity contribution < 1.29 is 9.47 Å².